The van der Waals surface area contributed by atoms with E-state index in [1.165, 1.54) is 19.3 Å². The van der Waals surface area contributed by atoms with Gasteiger partial charge in [0.15, 0.2) is 0 Å². The van der Waals surface area contributed by atoms with Gasteiger partial charge in [0.1, 0.15) is 11.6 Å². The van der Waals surface area contributed by atoms with Crippen molar-refractivity contribution in [2.75, 3.05) is 6.54 Å². The predicted octanol–water partition coefficient (Wildman–Crippen LogP) is 2.62. The molecule has 1 aromatic heterocycles. The second-order valence-electron chi connectivity index (χ2n) is 6.18. The zero-order valence-electron chi connectivity index (χ0n) is 12.3. The monoisotopic (exact) mass is 250 g/mol. The lowest BCUT2D eigenvalue weighted by atomic mass is 9.86. The van der Waals surface area contributed by atoms with Gasteiger partial charge in [-0.1, -0.05) is 20.8 Å². The molecule has 0 saturated heterocycles. The Bertz CT molecular complexity index is 408. The lowest BCUT2D eigenvalue weighted by molar-refractivity contribution is 0.239. The standard InChI is InChI=1S/C14H26N4/c1-6-9-15-13-12(7-8-14(13,4)5)18-11(3)16-10(2)17-18/h12-13,15H,6-9H2,1-5H3. The molecule has 2 atom stereocenters. The van der Waals surface area contributed by atoms with Gasteiger partial charge in [-0.05, 0) is 45.1 Å². The van der Waals surface area contributed by atoms with E-state index in [1.807, 2.05) is 6.92 Å². The van der Waals surface area contributed by atoms with Crippen LogP contribution in [-0.4, -0.2) is 27.4 Å². The molecular weight excluding hydrogens is 224 g/mol. The van der Waals surface area contributed by atoms with Crippen LogP contribution in [0, 0.1) is 19.3 Å². The van der Waals surface area contributed by atoms with Crippen molar-refractivity contribution in [2.45, 2.75) is 66.0 Å². The minimum atomic E-state index is 0.339. The normalized spacial score (nSPS) is 26.7. The summed E-state index contributed by atoms with van der Waals surface area (Å²) in [6.07, 6.45) is 3.62. The van der Waals surface area contributed by atoms with E-state index in [2.05, 4.69) is 47.8 Å². The van der Waals surface area contributed by atoms with Crippen LogP contribution in [0.2, 0.25) is 0 Å². The van der Waals surface area contributed by atoms with Gasteiger partial charge in [-0.2, -0.15) is 5.10 Å². The largest absolute Gasteiger partial charge is 0.311 e. The predicted molar refractivity (Wildman–Crippen MR) is 73.6 cm³/mol. The molecule has 4 nitrogen and oxygen atoms in total. The van der Waals surface area contributed by atoms with Crippen molar-refractivity contribution in [1.29, 1.82) is 0 Å². The summed E-state index contributed by atoms with van der Waals surface area (Å²) < 4.78 is 2.14. The molecule has 0 spiro atoms. The van der Waals surface area contributed by atoms with Gasteiger partial charge < -0.3 is 5.32 Å². The summed E-state index contributed by atoms with van der Waals surface area (Å²) in [5, 5.41) is 8.30. The molecule has 2 rings (SSSR count). The van der Waals surface area contributed by atoms with Crippen LogP contribution in [0.4, 0.5) is 0 Å². The van der Waals surface area contributed by atoms with Gasteiger partial charge in [0.05, 0.1) is 6.04 Å². The van der Waals surface area contributed by atoms with Crippen molar-refractivity contribution in [3.8, 4) is 0 Å². The number of hydrogen-bond acceptors (Lipinski definition) is 3. The average molecular weight is 250 g/mol. The molecule has 0 bridgehead atoms. The third-order valence-electron chi connectivity index (χ3n) is 4.15. The number of rotatable bonds is 4. The number of aryl methyl sites for hydroxylation is 2. The summed E-state index contributed by atoms with van der Waals surface area (Å²) in [6, 6.07) is 0.949. The van der Waals surface area contributed by atoms with Crippen molar-refractivity contribution in [1.82, 2.24) is 20.1 Å². The quantitative estimate of drug-likeness (QED) is 0.893. The zero-order valence-corrected chi connectivity index (χ0v) is 12.3. The Balaban J connectivity index is 2.23. The summed E-state index contributed by atoms with van der Waals surface area (Å²) >= 11 is 0. The number of hydrogen-bond donors (Lipinski definition) is 1. The molecule has 1 aromatic rings. The molecule has 1 saturated carbocycles. The average Bonchev–Trinajstić information content (AvgIpc) is 2.76. The number of aromatic nitrogens is 3. The van der Waals surface area contributed by atoms with E-state index in [-0.39, 0.29) is 0 Å². The highest BCUT2D eigenvalue weighted by Gasteiger charge is 2.43. The summed E-state index contributed by atoms with van der Waals surface area (Å²) in [4.78, 5) is 4.44. The maximum absolute atomic E-state index is 4.58. The summed E-state index contributed by atoms with van der Waals surface area (Å²) in [5.74, 6) is 1.92. The molecule has 0 amide bonds. The highest BCUT2D eigenvalue weighted by atomic mass is 15.4. The van der Waals surface area contributed by atoms with E-state index in [1.54, 1.807) is 0 Å². The molecule has 1 heterocycles. The van der Waals surface area contributed by atoms with Gasteiger partial charge in [0.2, 0.25) is 0 Å². The van der Waals surface area contributed by atoms with E-state index in [0.29, 0.717) is 17.5 Å². The van der Waals surface area contributed by atoms with Crippen LogP contribution >= 0.6 is 0 Å². The molecule has 102 valence electrons. The summed E-state index contributed by atoms with van der Waals surface area (Å²) in [7, 11) is 0. The van der Waals surface area contributed by atoms with Gasteiger partial charge in [-0.25, -0.2) is 9.67 Å². The second-order valence-corrected chi connectivity index (χ2v) is 6.18. The Labute approximate surface area is 110 Å². The molecule has 0 radical (unpaired) electrons. The summed E-state index contributed by atoms with van der Waals surface area (Å²) in [5.41, 5.74) is 0.339. The Kier molecular flexibility index (Phi) is 3.76. The SMILES string of the molecule is CCCNC1C(n2nc(C)nc2C)CCC1(C)C. The fourth-order valence-corrected chi connectivity index (χ4v) is 3.19. The van der Waals surface area contributed by atoms with E-state index in [0.717, 1.165) is 18.2 Å². The first-order valence-electron chi connectivity index (χ1n) is 7.09. The Hall–Kier alpha value is -0.900. The molecule has 4 heteroatoms. The van der Waals surface area contributed by atoms with Crippen molar-refractivity contribution in [3.05, 3.63) is 11.6 Å². The number of nitrogens with zero attached hydrogens (tertiary/aromatic N) is 3. The second kappa shape index (κ2) is 5.00. The minimum Gasteiger partial charge on any atom is -0.311 e. The van der Waals surface area contributed by atoms with E-state index in [4.69, 9.17) is 0 Å². The fourth-order valence-electron chi connectivity index (χ4n) is 3.19. The lowest BCUT2D eigenvalue weighted by Gasteiger charge is -2.32. The topological polar surface area (TPSA) is 42.7 Å². The maximum Gasteiger partial charge on any atom is 0.147 e. The molecule has 0 aliphatic heterocycles. The maximum atomic E-state index is 4.58. The third-order valence-corrected chi connectivity index (χ3v) is 4.15. The Morgan fingerprint density at radius 2 is 2.11 bits per heavy atom. The molecule has 0 aromatic carbocycles. The first-order valence-corrected chi connectivity index (χ1v) is 7.09. The molecule has 1 aliphatic carbocycles. The van der Waals surface area contributed by atoms with Crippen LogP contribution < -0.4 is 5.32 Å². The van der Waals surface area contributed by atoms with Gasteiger partial charge in [0.25, 0.3) is 0 Å². The highest BCUT2D eigenvalue weighted by molar-refractivity contribution is 5.02. The van der Waals surface area contributed by atoms with Gasteiger partial charge >= 0.3 is 0 Å². The minimum absolute atomic E-state index is 0.339. The summed E-state index contributed by atoms with van der Waals surface area (Å²) in [6.45, 7) is 12.0. The van der Waals surface area contributed by atoms with Crippen molar-refractivity contribution in [2.24, 2.45) is 5.41 Å². The lowest BCUT2D eigenvalue weighted by Crippen LogP contribution is -2.43. The zero-order chi connectivity index (χ0) is 13.3. The molecule has 18 heavy (non-hydrogen) atoms. The van der Waals surface area contributed by atoms with Crippen LogP contribution in [-0.2, 0) is 0 Å². The Morgan fingerprint density at radius 3 is 2.67 bits per heavy atom. The molecular formula is C14H26N4. The van der Waals surface area contributed by atoms with Crippen LogP contribution in [0.15, 0.2) is 0 Å². The molecule has 1 fully saturated rings. The van der Waals surface area contributed by atoms with Gasteiger partial charge in [-0.15, -0.1) is 0 Å². The first kappa shape index (κ1) is 13.5. The van der Waals surface area contributed by atoms with Crippen molar-refractivity contribution in [3.63, 3.8) is 0 Å². The van der Waals surface area contributed by atoms with Crippen molar-refractivity contribution < 1.29 is 0 Å². The van der Waals surface area contributed by atoms with Crippen LogP contribution in [0.5, 0.6) is 0 Å². The molecule has 1 N–H and O–H groups in total. The van der Waals surface area contributed by atoms with E-state index >= 15 is 0 Å². The number of nitrogens with one attached hydrogen (secondary N) is 1. The third kappa shape index (κ3) is 2.44. The fraction of sp³-hybridized carbons (Fsp3) is 0.857. The molecule has 2 unspecified atom stereocenters. The first-order chi connectivity index (χ1) is 8.45. The van der Waals surface area contributed by atoms with Gasteiger partial charge in [-0.3, -0.25) is 0 Å². The van der Waals surface area contributed by atoms with Crippen molar-refractivity contribution >= 4 is 0 Å². The highest BCUT2D eigenvalue weighted by Crippen LogP contribution is 2.43. The van der Waals surface area contributed by atoms with Crippen LogP contribution in [0.25, 0.3) is 0 Å². The van der Waals surface area contributed by atoms with E-state index < -0.39 is 0 Å². The van der Waals surface area contributed by atoms with Crippen LogP contribution in [0.3, 0.4) is 0 Å². The van der Waals surface area contributed by atoms with Gasteiger partial charge in [0, 0.05) is 6.04 Å². The Morgan fingerprint density at radius 1 is 1.39 bits per heavy atom. The van der Waals surface area contributed by atoms with Crippen LogP contribution in [0.1, 0.15) is 57.7 Å². The van der Waals surface area contributed by atoms with E-state index in [9.17, 15) is 0 Å². The smallest absolute Gasteiger partial charge is 0.147 e. The molecule has 1 aliphatic rings.